The molecular formula is C60H40N2O. The Labute approximate surface area is 366 Å². The van der Waals surface area contributed by atoms with Crippen LogP contribution in [0.15, 0.2) is 247 Å². The smallest absolute Gasteiger partial charge is 0.136 e. The summed E-state index contributed by atoms with van der Waals surface area (Å²) in [4.78, 5) is 2.34. The number of furan rings is 1. The molecule has 0 saturated carbocycles. The standard InChI is InChI=1S/C60H40N2O/c1-2-11-41(12-3-1)43-25-33-48(34-26-43)61(49-35-27-44(28-36-49)42-21-23-47(24-22-42)52-16-10-20-59-60(52)55-15-6-9-19-58(55)63-59)50-37-29-45(30-38-50)46-31-39-51(40-32-46)62-56-17-7-4-13-53(56)54-14-5-8-18-57(54)62/h1-40H. The van der Waals surface area contributed by atoms with Gasteiger partial charge in [-0.25, -0.2) is 0 Å². The predicted octanol–water partition coefficient (Wildman–Crippen LogP) is 16.8. The maximum atomic E-state index is 6.19. The molecule has 0 N–H and O–H groups in total. The molecule has 296 valence electrons. The lowest BCUT2D eigenvalue weighted by Gasteiger charge is -2.26. The molecule has 0 unspecified atom stereocenters. The number of anilines is 3. The molecule has 12 aromatic rings. The number of nitrogens with zero attached hydrogens (tertiary/aromatic N) is 2. The van der Waals surface area contributed by atoms with Crippen molar-refractivity contribution in [1.82, 2.24) is 4.57 Å². The minimum Gasteiger partial charge on any atom is -0.456 e. The van der Waals surface area contributed by atoms with Crippen LogP contribution in [-0.2, 0) is 0 Å². The molecule has 10 aromatic carbocycles. The number of hydrogen-bond acceptors (Lipinski definition) is 2. The number of hydrogen-bond donors (Lipinski definition) is 0. The molecule has 0 aliphatic heterocycles. The largest absolute Gasteiger partial charge is 0.456 e. The quantitative estimate of drug-likeness (QED) is 0.153. The van der Waals surface area contributed by atoms with Gasteiger partial charge in [0.05, 0.1) is 11.0 Å². The van der Waals surface area contributed by atoms with Crippen LogP contribution in [0.3, 0.4) is 0 Å². The Bertz CT molecular complexity index is 3510. The minimum absolute atomic E-state index is 0.910. The number of aromatic nitrogens is 1. The number of rotatable bonds is 8. The third kappa shape index (κ3) is 6.46. The minimum atomic E-state index is 0.910. The molecule has 0 aliphatic rings. The zero-order valence-electron chi connectivity index (χ0n) is 34.4. The highest BCUT2D eigenvalue weighted by atomic mass is 16.3. The molecule has 0 aliphatic carbocycles. The van der Waals surface area contributed by atoms with Crippen molar-refractivity contribution in [2.24, 2.45) is 0 Å². The van der Waals surface area contributed by atoms with Crippen molar-refractivity contribution in [2.45, 2.75) is 0 Å². The van der Waals surface area contributed by atoms with Gasteiger partial charge < -0.3 is 13.9 Å². The summed E-state index contributed by atoms with van der Waals surface area (Å²) in [5.41, 5.74) is 18.1. The van der Waals surface area contributed by atoms with Crippen LogP contribution in [0.2, 0.25) is 0 Å². The van der Waals surface area contributed by atoms with Gasteiger partial charge in [-0.3, -0.25) is 0 Å². The van der Waals surface area contributed by atoms with E-state index in [0.717, 1.165) is 50.3 Å². The van der Waals surface area contributed by atoms with Crippen molar-refractivity contribution in [3.05, 3.63) is 243 Å². The Morgan fingerprint density at radius 3 is 1.22 bits per heavy atom. The van der Waals surface area contributed by atoms with Crippen LogP contribution in [0.1, 0.15) is 0 Å². The van der Waals surface area contributed by atoms with Gasteiger partial charge in [-0.05, 0) is 117 Å². The zero-order valence-corrected chi connectivity index (χ0v) is 34.4. The van der Waals surface area contributed by atoms with Gasteiger partial charge in [-0.1, -0.05) is 170 Å². The fraction of sp³-hybridized carbons (Fsp3) is 0. The molecular weight excluding hydrogens is 765 g/mol. The van der Waals surface area contributed by atoms with Crippen molar-refractivity contribution in [3.63, 3.8) is 0 Å². The lowest BCUT2D eigenvalue weighted by Crippen LogP contribution is -2.09. The molecule has 2 aromatic heterocycles. The first-order valence-electron chi connectivity index (χ1n) is 21.5. The van der Waals surface area contributed by atoms with Crippen LogP contribution in [0.5, 0.6) is 0 Å². The van der Waals surface area contributed by atoms with Crippen molar-refractivity contribution in [2.75, 3.05) is 4.90 Å². The summed E-state index contributed by atoms with van der Waals surface area (Å²) >= 11 is 0. The molecule has 12 rings (SSSR count). The van der Waals surface area contributed by atoms with Crippen molar-refractivity contribution >= 4 is 60.8 Å². The van der Waals surface area contributed by atoms with E-state index in [0.29, 0.717) is 0 Å². The summed E-state index contributed by atoms with van der Waals surface area (Å²) in [6, 6.07) is 87.0. The Morgan fingerprint density at radius 2 is 0.683 bits per heavy atom. The first-order valence-corrected chi connectivity index (χ1v) is 21.5. The van der Waals surface area contributed by atoms with Crippen LogP contribution >= 0.6 is 0 Å². The van der Waals surface area contributed by atoms with E-state index in [1.807, 2.05) is 12.1 Å². The average molecular weight is 805 g/mol. The Kier molecular flexibility index (Phi) is 8.83. The lowest BCUT2D eigenvalue weighted by atomic mass is 9.97. The van der Waals surface area contributed by atoms with Gasteiger partial charge in [0.25, 0.3) is 0 Å². The molecule has 63 heavy (non-hydrogen) atoms. The fourth-order valence-corrected chi connectivity index (χ4v) is 9.35. The van der Waals surface area contributed by atoms with E-state index >= 15 is 0 Å². The van der Waals surface area contributed by atoms with E-state index in [-0.39, 0.29) is 0 Å². The molecule has 0 atom stereocenters. The second-order valence-electron chi connectivity index (χ2n) is 16.1. The number of para-hydroxylation sites is 3. The van der Waals surface area contributed by atoms with E-state index in [1.165, 1.54) is 60.8 Å². The normalized spacial score (nSPS) is 11.5. The molecule has 0 bridgehead atoms. The highest BCUT2D eigenvalue weighted by Gasteiger charge is 2.16. The Hall–Kier alpha value is -8.40. The topological polar surface area (TPSA) is 21.3 Å². The zero-order chi connectivity index (χ0) is 41.7. The van der Waals surface area contributed by atoms with E-state index < -0.39 is 0 Å². The van der Waals surface area contributed by atoms with Gasteiger partial charge in [0.2, 0.25) is 0 Å². The maximum absolute atomic E-state index is 6.19. The van der Waals surface area contributed by atoms with E-state index in [1.54, 1.807) is 0 Å². The molecule has 3 heteroatoms. The first kappa shape index (κ1) is 36.5. The van der Waals surface area contributed by atoms with E-state index in [9.17, 15) is 0 Å². The summed E-state index contributed by atoms with van der Waals surface area (Å²) in [6.07, 6.45) is 0. The highest BCUT2D eigenvalue weighted by molar-refractivity contribution is 6.12. The van der Waals surface area contributed by atoms with Crippen molar-refractivity contribution in [1.29, 1.82) is 0 Å². The summed E-state index contributed by atoms with van der Waals surface area (Å²) < 4.78 is 8.55. The second-order valence-corrected chi connectivity index (χ2v) is 16.1. The molecule has 0 amide bonds. The highest BCUT2D eigenvalue weighted by Crippen LogP contribution is 2.40. The van der Waals surface area contributed by atoms with Gasteiger partial charge in [0, 0.05) is 44.3 Å². The molecule has 0 fully saturated rings. The third-order valence-electron chi connectivity index (χ3n) is 12.5. The van der Waals surface area contributed by atoms with Crippen LogP contribution < -0.4 is 4.90 Å². The SMILES string of the molecule is c1ccc(-c2ccc(N(c3ccc(-c4ccc(-c5cccc6oc7ccccc7c56)cc4)cc3)c3ccc(-c4ccc(-n5c6ccccc6c6ccccc65)cc4)cc3)cc2)cc1. The molecule has 0 saturated heterocycles. The van der Waals surface area contributed by atoms with Gasteiger partial charge >= 0.3 is 0 Å². The molecule has 0 spiro atoms. The summed E-state index contributed by atoms with van der Waals surface area (Å²) in [6.45, 7) is 0. The van der Waals surface area contributed by atoms with Crippen molar-refractivity contribution < 1.29 is 4.42 Å². The van der Waals surface area contributed by atoms with Gasteiger partial charge in [0.1, 0.15) is 11.2 Å². The first-order chi connectivity index (χ1) is 31.2. The lowest BCUT2D eigenvalue weighted by molar-refractivity contribution is 0.669. The average Bonchev–Trinajstić information content (AvgIpc) is 3.91. The molecule has 0 radical (unpaired) electrons. The number of benzene rings is 10. The fourth-order valence-electron chi connectivity index (χ4n) is 9.35. The summed E-state index contributed by atoms with van der Waals surface area (Å²) in [5.74, 6) is 0. The van der Waals surface area contributed by atoms with E-state index in [4.69, 9.17) is 4.42 Å². The van der Waals surface area contributed by atoms with Crippen LogP contribution in [-0.4, -0.2) is 4.57 Å². The van der Waals surface area contributed by atoms with Gasteiger partial charge in [-0.15, -0.1) is 0 Å². The van der Waals surface area contributed by atoms with Gasteiger partial charge in [0.15, 0.2) is 0 Å². The van der Waals surface area contributed by atoms with Crippen LogP contribution in [0.4, 0.5) is 17.1 Å². The Morgan fingerprint density at radius 1 is 0.286 bits per heavy atom. The molecule has 3 nitrogen and oxygen atoms in total. The monoisotopic (exact) mass is 804 g/mol. The van der Waals surface area contributed by atoms with Crippen LogP contribution in [0.25, 0.3) is 93.9 Å². The Balaban J connectivity index is 0.859. The predicted molar refractivity (Wildman–Crippen MR) is 264 cm³/mol. The second kappa shape index (κ2) is 15.3. The van der Waals surface area contributed by atoms with Gasteiger partial charge in [-0.2, -0.15) is 0 Å². The third-order valence-corrected chi connectivity index (χ3v) is 12.5. The number of fused-ring (bicyclic) bond motifs is 6. The van der Waals surface area contributed by atoms with Crippen LogP contribution in [0, 0.1) is 0 Å². The van der Waals surface area contributed by atoms with E-state index in [2.05, 4.69) is 240 Å². The maximum Gasteiger partial charge on any atom is 0.136 e. The summed E-state index contributed by atoms with van der Waals surface area (Å²) in [5, 5.41) is 4.83. The summed E-state index contributed by atoms with van der Waals surface area (Å²) in [7, 11) is 0. The molecule has 2 heterocycles. The van der Waals surface area contributed by atoms with Crippen molar-refractivity contribution in [3.8, 4) is 50.2 Å².